The zero-order chi connectivity index (χ0) is 16.8. The van der Waals surface area contributed by atoms with Crippen LogP contribution in [0.5, 0.6) is 0 Å². The highest BCUT2D eigenvalue weighted by atomic mass is 79.9. The van der Waals surface area contributed by atoms with Crippen molar-refractivity contribution in [2.75, 3.05) is 0 Å². The van der Waals surface area contributed by atoms with Gasteiger partial charge in [0.05, 0.1) is 11.6 Å². The minimum atomic E-state index is -1.13. The largest absolute Gasteiger partial charge is 0.480 e. The van der Waals surface area contributed by atoms with Gasteiger partial charge in [0.1, 0.15) is 6.04 Å². The molecule has 0 saturated heterocycles. The number of amides is 1. The van der Waals surface area contributed by atoms with Gasteiger partial charge in [-0.25, -0.2) is 4.79 Å². The lowest BCUT2D eigenvalue weighted by atomic mass is 10.0. The number of carboxylic acids is 1. The van der Waals surface area contributed by atoms with Crippen LogP contribution in [0.4, 0.5) is 0 Å². The van der Waals surface area contributed by atoms with Gasteiger partial charge in [0.15, 0.2) is 0 Å². The Morgan fingerprint density at radius 2 is 1.96 bits per heavy atom. The van der Waals surface area contributed by atoms with Crippen molar-refractivity contribution in [1.82, 2.24) is 5.32 Å². The van der Waals surface area contributed by atoms with E-state index in [1.54, 1.807) is 48.5 Å². The highest BCUT2D eigenvalue weighted by Crippen LogP contribution is 2.12. The molecule has 23 heavy (non-hydrogen) atoms. The van der Waals surface area contributed by atoms with Crippen molar-refractivity contribution in [3.8, 4) is 6.07 Å². The number of nitrogens with zero attached hydrogens (tertiary/aromatic N) is 1. The van der Waals surface area contributed by atoms with Crippen molar-refractivity contribution in [1.29, 1.82) is 5.26 Å². The maximum absolute atomic E-state index is 12.2. The summed E-state index contributed by atoms with van der Waals surface area (Å²) in [6.07, 6.45) is 0.102. The molecule has 2 N–H and O–H groups in total. The molecule has 6 heteroatoms. The number of nitriles is 1. The van der Waals surface area contributed by atoms with E-state index in [0.29, 0.717) is 16.7 Å². The van der Waals surface area contributed by atoms with Crippen LogP contribution in [0.3, 0.4) is 0 Å². The van der Waals surface area contributed by atoms with Gasteiger partial charge in [0, 0.05) is 16.5 Å². The van der Waals surface area contributed by atoms with Crippen LogP contribution in [0.2, 0.25) is 0 Å². The summed E-state index contributed by atoms with van der Waals surface area (Å²) in [5.74, 6) is -1.59. The van der Waals surface area contributed by atoms with Crippen LogP contribution in [0, 0.1) is 11.3 Å². The Balaban J connectivity index is 2.14. The van der Waals surface area contributed by atoms with Gasteiger partial charge in [-0.05, 0) is 35.9 Å². The summed E-state index contributed by atoms with van der Waals surface area (Å²) < 4.78 is 0.735. The quantitative estimate of drug-likeness (QED) is 0.843. The summed E-state index contributed by atoms with van der Waals surface area (Å²) in [6.45, 7) is 0. The van der Waals surface area contributed by atoms with E-state index in [2.05, 4.69) is 21.2 Å². The van der Waals surface area contributed by atoms with E-state index in [1.807, 2.05) is 6.07 Å². The summed E-state index contributed by atoms with van der Waals surface area (Å²) >= 11 is 3.27. The van der Waals surface area contributed by atoms with Crippen molar-refractivity contribution in [3.63, 3.8) is 0 Å². The standard InChI is InChI=1S/C17H13BrN2O3/c18-14-6-2-5-13(9-14)16(21)20-15(17(22)23)8-11-3-1-4-12(7-11)10-19/h1-7,9,15H,8H2,(H,20,21)(H,22,23)/t15-/m1/s1. The minimum Gasteiger partial charge on any atom is -0.480 e. The molecule has 0 aliphatic rings. The molecule has 116 valence electrons. The van der Waals surface area contributed by atoms with Gasteiger partial charge in [-0.1, -0.05) is 34.1 Å². The zero-order valence-corrected chi connectivity index (χ0v) is 13.6. The maximum Gasteiger partial charge on any atom is 0.326 e. The van der Waals surface area contributed by atoms with Crippen LogP contribution in [0.25, 0.3) is 0 Å². The predicted molar refractivity (Wildman–Crippen MR) is 87.9 cm³/mol. The lowest BCUT2D eigenvalue weighted by Gasteiger charge is -2.15. The Morgan fingerprint density at radius 1 is 1.22 bits per heavy atom. The van der Waals surface area contributed by atoms with Gasteiger partial charge in [-0.15, -0.1) is 0 Å². The zero-order valence-electron chi connectivity index (χ0n) is 12.0. The Labute approximate surface area is 141 Å². The van der Waals surface area contributed by atoms with Gasteiger partial charge in [0.25, 0.3) is 5.91 Å². The first kappa shape index (κ1) is 16.7. The molecule has 0 unspecified atom stereocenters. The summed E-state index contributed by atoms with van der Waals surface area (Å²) in [5.41, 5.74) is 1.49. The number of halogens is 1. The second-order valence-corrected chi connectivity index (χ2v) is 5.81. The van der Waals surface area contributed by atoms with E-state index in [4.69, 9.17) is 5.26 Å². The third-order valence-electron chi connectivity index (χ3n) is 3.19. The minimum absolute atomic E-state index is 0.102. The van der Waals surface area contributed by atoms with E-state index >= 15 is 0 Å². The summed E-state index contributed by atoms with van der Waals surface area (Å²) in [4.78, 5) is 23.6. The Morgan fingerprint density at radius 3 is 2.61 bits per heavy atom. The SMILES string of the molecule is N#Cc1cccc(C[C@@H](NC(=O)c2cccc(Br)c2)C(=O)O)c1. The van der Waals surface area contributed by atoms with Crippen LogP contribution < -0.4 is 5.32 Å². The molecule has 2 aromatic rings. The molecular weight excluding hydrogens is 360 g/mol. The Hall–Kier alpha value is -2.65. The van der Waals surface area contributed by atoms with Gasteiger partial charge in [0.2, 0.25) is 0 Å². The average Bonchev–Trinajstić information content (AvgIpc) is 2.54. The fourth-order valence-corrected chi connectivity index (χ4v) is 2.47. The van der Waals surface area contributed by atoms with Crippen LogP contribution >= 0.6 is 15.9 Å². The number of hydrogen-bond donors (Lipinski definition) is 2. The second-order valence-electron chi connectivity index (χ2n) is 4.89. The van der Waals surface area contributed by atoms with Crippen LogP contribution in [0.15, 0.2) is 53.0 Å². The fraction of sp³-hybridized carbons (Fsp3) is 0.118. The fourth-order valence-electron chi connectivity index (χ4n) is 2.07. The van der Waals surface area contributed by atoms with Gasteiger partial charge < -0.3 is 10.4 Å². The molecule has 0 heterocycles. The van der Waals surface area contributed by atoms with Crippen molar-refractivity contribution < 1.29 is 14.7 Å². The lowest BCUT2D eigenvalue weighted by molar-refractivity contribution is -0.139. The van der Waals surface area contributed by atoms with E-state index in [9.17, 15) is 14.7 Å². The average molecular weight is 373 g/mol. The van der Waals surface area contributed by atoms with Crippen molar-refractivity contribution in [2.45, 2.75) is 12.5 Å². The highest BCUT2D eigenvalue weighted by molar-refractivity contribution is 9.10. The molecule has 5 nitrogen and oxygen atoms in total. The molecule has 0 aliphatic heterocycles. The van der Waals surface area contributed by atoms with E-state index in [1.165, 1.54) is 0 Å². The summed E-state index contributed by atoms with van der Waals surface area (Å²) in [5, 5.41) is 20.7. The molecule has 2 aromatic carbocycles. The Kier molecular flexibility index (Phi) is 5.50. The number of rotatable bonds is 5. The van der Waals surface area contributed by atoms with Crippen molar-refractivity contribution >= 4 is 27.8 Å². The van der Waals surface area contributed by atoms with E-state index < -0.39 is 17.9 Å². The third-order valence-corrected chi connectivity index (χ3v) is 3.68. The monoisotopic (exact) mass is 372 g/mol. The molecule has 1 amide bonds. The molecule has 0 saturated carbocycles. The van der Waals surface area contributed by atoms with Gasteiger partial charge in [-0.2, -0.15) is 5.26 Å². The van der Waals surface area contributed by atoms with Crippen molar-refractivity contribution in [2.24, 2.45) is 0 Å². The van der Waals surface area contributed by atoms with Crippen LogP contribution in [-0.2, 0) is 11.2 Å². The number of aliphatic carboxylic acids is 1. The van der Waals surface area contributed by atoms with E-state index in [0.717, 1.165) is 4.47 Å². The third kappa shape index (κ3) is 4.66. The van der Waals surface area contributed by atoms with Crippen molar-refractivity contribution in [3.05, 3.63) is 69.7 Å². The lowest BCUT2D eigenvalue weighted by Crippen LogP contribution is -2.42. The molecule has 2 rings (SSSR count). The number of hydrogen-bond acceptors (Lipinski definition) is 3. The topological polar surface area (TPSA) is 90.2 Å². The van der Waals surface area contributed by atoms with E-state index in [-0.39, 0.29) is 6.42 Å². The number of carboxylic acid groups (broad SMARTS) is 1. The molecule has 0 aromatic heterocycles. The Bertz CT molecular complexity index is 783. The molecule has 1 atom stereocenters. The molecular formula is C17H13BrN2O3. The van der Waals surface area contributed by atoms with Crippen LogP contribution in [0.1, 0.15) is 21.5 Å². The summed E-state index contributed by atoms with van der Waals surface area (Å²) in [7, 11) is 0. The number of nitrogens with one attached hydrogen (secondary N) is 1. The first-order chi connectivity index (χ1) is 11.0. The van der Waals surface area contributed by atoms with Gasteiger partial charge >= 0.3 is 5.97 Å². The smallest absolute Gasteiger partial charge is 0.326 e. The van der Waals surface area contributed by atoms with Crippen LogP contribution in [-0.4, -0.2) is 23.0 Å². The number of carbonyl (C=O) groups is 2. The first-order valence-corrected chi connectivity index (χ1v) is 7.57. The van der Waals surface area contributed by atoms with Gasteiger partial charge in [-0.3, -0.25) is 4.79 Å². The molecule has 0 spiro atoms. The number of carbonyl (C=O) groups excluding carboxylic acids is 1. The maximum atomic E-state index is 12.2. The molecule has 0 fully saturated rings. The normalized spacial score (nSPS) is 11.3. The predicted octanol–water partition coefficient (Wildman–Crippen LogP) is 2.75. The molecule has 0 aliphatic carbocycles. The highest BCUT2D eigenvalue weighted by Gasteiger charge is 2.21. The molecule has 0 bridgehead atoms. The second kappa shape index (κ2) is 7.56. The molecule has 0 radical (unpaired) electrons. The summed E-state index contributed by atoms with van der Waals surface area (Å²) in [6, 6.07) is 14.3. The number of benzene rings is 2. The first-order valence-electron chi connectivity index (χ1n) is 6.78.